The van der Waals surface area contributed by atoms with Crippen molar-refractivity contribution >= 4 is 11.6 Å². The molecule has 0 saturated carbocycles. The van der Waals surface area contributed by atoms with E-state index in [1.807, 2.05) is 11.8 Å². The molecule has 0 radical (unpaired) electrons. The summed E-state index contributed by atoms with van der Waals surface area (Å²) in [6.45, 7) is 6.57. The summed E-state index contributed by atoms with van der Waals surface area (Å²) < 4.78 is 1.62. The normalized spacial score (nSPS) is 20.4. The van der Waals surface area contributed by atoms with Gasteiger partial charge in [-0.2, -0.15) is 5.10 Å². The Labute approximate surface area is 120 Å². The lowest BCUT2D eigenvalue weighted by Gasteiger charge is -2.39. The standard InChI is InChI=1S/C14H25N5O/c1-5-10-9-19(8-7-17(10)3)14(20)13-12(15)11(6-2)16-18(13)4/h10H,5-9,15H2,1-4H3. The van der Waals surface area contributed by atoms with Crippen molar-refractivity contribution in [2.75, 3.05) is 32.4 Å². The number of hydrogen-bond acceptors (Lipinski definition) is 4. The molecule has 1 aromatic rings. The number of anilines is 1. The minimum atomic E-state index is 0.00347. The van der Waals surface area contributed by atoms with Crippen LogP contribution in [0.25, 0.3) is 0 Å². The predicted molar refractivity (Wildman–Crippen MR) is 79.6 cm³/mol. The van der Waals surface area contributed by atoms with Gasteiger partial charge in [0.2, 0.25) is 0 Å². The minimum absolute atomic E-state index is 0.00347. The Morgan fingerprint density at radius 1 is 1.35 bits per heavy atom. The van der Waals surface area contributed by atoms with Crippen LogP contribution in [-0.2, 0) is 13.5 Å². The van der Waals surface area contributed by atoms with E-state index in [2.05, 4.69) is 24.0 Å². The van der Waals surface area contributed by atoms with Gasteiger partial charge in [0.1, 0.15) is 5.69 Å². The maximum atomic E-state index is 12.7. The van der Waals surface area contributed by atoms with E-state index >= 15 is 0 Å². The lowest BCUT2D eigenvalue weighted by molar-refractivity contribution is 0.0533. The highest BCUT2D eigenvalue weighted by Crippen LogP contribution is 2.21. The number of nitrogens with two attached hydrogens (primary N) is 1. The Bertz CT molecular complexity index is 496. The van der Waals surface area contributed by atoms with E-state index in [1.54, 1.807) is 11.7 Å². The summed E-state index contributed by atoms with van der Waals surface area (Å²) in [5.74, 6) is 0.00347. The lowest BCUT2D eigenvalue weighted by atomic mass is 10.1. The highest BCUT2D eigenvalue weighted by molar-refractivity contribution is 5.98. The summed E-state index contributed by atoms with van der Waals surface area (Å²) >= 11 is 0. The molecule has 1 amide bonds. The molecule has 1 aromatic heterocycles. The number of nitrogen functional groups attached to an aromatic ring is 1. The van der Waals surface area contributed by atoms with E-state index in [1.165, 1.54) is 0 Å². The molecular weight excluding hydrogens is 254 g/mol. The van der Waals surface area contributed by atoms with Crippen molar-refractivity contribution in [2.24, 2.45) is 7.05 Å². The molecule has 20 heavy (non-hydrogen) atoms. The first-order chi connectivity index (χ1) is 9.49. The summed E-state index contributed by atoms with van der Waals surface area (Å²) in [6, 6.07) is 0.424. The second-order valence-electron chi connectivity index (χ2n) is 5.48. The van der Waals surface area contributed by atoms with E-state index < -0.39 is 0 Å². The Morgan fingerprint density at radius 3 is 2.60 bits per heavy atom. The van der Waals surface area contributed by atoms with Gasteiger partial charge in [-0.1, -0.05) is 13.8 Å². The lowest BCUT2D eigenvalue weighted by Crippen LogP contribution is -2.53. The molecule has 2 N–H and O–H groups in total. The molecule has 0 spiro atoms. The van der Waals surface area contributed by atoms with Crippen LogP contribution >= 0.6 is 0 Å². The average Bonchev–Trinajstić information content (AvgIpc) is 2.73. The van der Waals surface area contributed by atoms with Crippen molar-refractivity contribution in [3.8, 4) is 0 Å². The molecule has 2 rings (SSSR count). The number of likely N-dealkylation sites (N-methyl/N-ethyl adjacent to an activating group) is 1. The van der Waals surface area contributed by atoms with Gasteiger partial charge in [0.05, 0.1) is 11.4 Å². The maximum Gasteiger partial charge on any atom is 0.274 e. The molecular formula is C14H25N5O. The van der Waals surface area contributed by atoms with Crippen molar-refractivity contribution in [2.45, 2.75) is 32.7 Å². The fourth-order valence-corrected chi connectivity index (χ4v) is 2.83. The van der Waals surface area contributed by atoms with Gasteiger partial charge in [-0.15, -0.1) is 0 Å². The van der Waals surface area contributed by atoms with Gasteiger partial charge >= 0.3 is 0 Å². The minimum Gasteiger partial charge on any atom is -0.395 e. The van der Waals surface area contributed by atoms with Crippen molar-refractivity contribution in [1.82, 2.24) is 19.6 Å². The zero-order chi connectivity index (χ0) is 14.9. The van der Waals surface area contributed by atoms with Gasteiger partial charge in [0.15, 0.2) is 0 Å². The topological polar surface area (TPSA) is 67.4 Å². The third kappa shape index (κ3) is 2.52. The molecule has 0 bridgehead atoms. The molecule has 112 valence electrons. The number of piperazine rings is 1. The first-order valence-corrected chi connectivity index (χ1v) is 7.30. The number of carbonyl (C=O) groups excluding carboxylic acids is 1. The molecule has 2 heterocycles. The Balaban J connectivity index is 2.22. The van der Waals surface area contributed by atoms with Crippen LogP contribution in [0.3, 0.4) is 0 Å². The van der Waals surface area contributed by atoms with Gasteiger partial charge in [0.25, 0.3) is 5.91 Å². The van der Waals surface area contributed by atoms with E-state index in [-0.39, 0.29) is 5.91 Å². The van der Waals surface area contributed by atoms with E-state index in [0.29, 0.717) is 17.4 Å². The Hall–Kier alpha value is -1.56. The van der Waals surface area contributed by atoms with Crippen molar-refractivity contribution in [3.63, 3.8) is 0 Å². The largest absolute Gasteiger partial charge is 0.395 e. The summed E-state index contributed by atoms with van der Waals surface area (Å²) in [5.41, 5.74) is 7.94. The first kappa shape index (κ1) is 14.8. The average molecular weight is 279 g/mol. The first-order valence-electron chi connectivity index (χ1n) is 7.30. The summed E-state index contributed by atoms with van der Waals surface area (Å²) in [4.78, 5) is 16.9. The predicted octanol–water partition coefficient (Wildman–Crippen LogP) is 0.731. The fraction of sp³-hybridized carbons (Fsp3) is 0.714. The smallest absolute Gasteiger partial charge is 0.274 e. The fourth-order valence-electron chi connectivity index (χ4n) is 2.83. The van der Waals surface area contributed by atoms with Crippen LogP contribution in [-0.4, -0.2) is 58.2 Å². The Morgan fingerprint density at radius 2 is 2.05 bits per heavy atom. The second kappa shape index (κ2) is 5.83. The number of amides is 1. The molecule has 0 aromatic carbocycles. The van der Waals surface area contributed by atoms with Crippen molar-refractivity contribution < 1.29 is 4.79 Å². The molecule has 0 aliphatic carbocycles. The van der Waals surface area contributed by atoms with E-state index in [0.717, 1.165) is 38.2 Å². The molecule has 1 saturated heterocycles. The Kier molecular flexibility index (Phi) is 4.32. The van der Waals surface area contributed by atoms with Crippen molar-refractivity contribution in [3.05, 3.63) is 11.4 Å². The molecule has 6 nitrogen and oxygen atoms in total. The summed E-state index contributed by atoms with van der Waals surface area (Å²) in [6.07, 6.45) is 1.79. The van der Waals surface area contributed by atoms with Gasteiger partial charge < -0.3 is 10.6 Å². The zero-order valence-corrected chi connectivity index (χ0v) is 12.9. The van der Waals surface area contributed by atoms with E-state index in [9.17, 15) is 4.79 Å². The van der Waals surface area contributed by atoms with Gasteiger partial charge in [-0.25, -0.2) is 0 Å². The third-order valence-corrected chi connectivity index (χ3v) is 4.23. The maximum absolute atomic E-state index is 12.7. The number of nitrogens with zero attached hydrogens (tertiary/aromatic N) is 4. The zero-order valence-electron chi connectivity index (χ0n) is 12.9. The van der Waals surface area contributed by atoms with Gasteiger partial charge in [0, 0.05) is 32.7 Å². The monoisotopic (exact) mass is 279 g/mol. The quantitative estimate of drug-likeness (QED) is 0.886. The van der Waals surface area contributed by atoms with Crippen molar-refractivity contribution in [1.29, 1.82) is 0 Å². The molecule has 1 fully saturated rings. The second-order valence-corrected chi connectivity index (χ2v) is 5.48. The number of carbonyl (C=O) groups is 1. The van der Waals surface area contributed by atoms with Crippen LogP contribution in [0.1, 0.15) is 36.5 Å². The number of hydrogen-bond donors (Lipinski definition) is 1. The van der Waals surface area contributed by atoms with Gasteiger partial charge in [-0.05, 0) is 19.9 Å². The SMILES string of the molecule is CCc1nn(C)c(C(=O)N2CCN(C)C(CC)C2)c1N. The van der Waals surface area contributed by atoms with Gasteiger partial charge in [-0.3, -0.25) is 14.4 Å². The highest BCUT2D eigenvalue weighted by Gasteiger charge is 2.30. The number of aryl methyl sites for hydroxylation is 2. The molecule has 1 atom stereocenters. The molecule has 1 unspecified atom stereocenters. The van der Waals surface area contributed by atoms with Crippen LogP contribution in [0.4, 0.5) is 5.69 Å². The molecule has 6 heteroatoms. The summed E-state index contributed by atoms with van der Waals surface area (Å²) in [7, 11) is 3.90. The van der Waals surface area contributed by atoms with Crippen LogP contribution in [0, 0.1) is 0 Å². The van der Waals surface area contributed by atoms with Crippen LogP contribution in [0.15, 0.2) is 0 Å². The number of rotatable bonds is 3. The molecule has 1 aliphatic rings. The third-order valence-electron chi connectivity index (χ3n) is 4.23. The summed E-state index contributed by atoms with van der Waals surface area (Å²) in [5, 5.41) is 4.33. The van der Waals surface area contributed by atoms with Crippen LogP contribution in [0.5, 0.6) is 0 Å². The highest BCUT2D eigenvalue weighted by atomic mass is 16.2. The molecule has 1 aliphatic heterocycles. The van der Waals surface area contributed by atoms with Crippen LogP contribution in [0.2, 0.25) is 0 Å². The number of aromatic nitrogens is 2. The van der Waals surface area contributed by atoms with Crippen LogP contribution < -0.4 is 5.73 Å². The van der Waals surface area contributed by atoms with E-state index in [4.69, 9.17) is 5.73 Å².